The van der Waals surface area contributed by atoms with Gasteiger partial charge in [-0.1, -0.05) is 44.2 Å². The van der Waals surface area contributed by atoms with Crippen molar-refractivity contribution in [1.82, 2.24) is 20.0 Å². The molecule has 0 aliphatic carbocycles. The van der Waals surface area contributed by atoms with E-state index in [4.69, 9.17) is 5.73 Å². The third-order valence-corrected chi connectivity index (χ3v) is 6.64. The summed E-state index contributed by atoms with van der Waals surface area (Å²) in [7, 11) is 4.76. The van der Waals surface area contributed by atoms with Gasteiger partial charge in [-0.05, 0) is 37.7 Å². The molecule has 35 heavy (non-hydrogen) atoms. The highest BCUT2D eigenvalue weighted by molar-refractivity contribution is 5.95. The number of nitrogens with zero attached hydrogens (tertiary/aromatic N) is 3. The summed E-state index contributed by atoms with van der Waals surface area (Å²) in [6.45, 7) is 6.01. The molecule has 0 radical (unpaired) electrons. The Hall–Kier alpha value is -2.94. The number of benzene rings is 1. The molecule has 1 aromatic carbocycles. The highest BCUT2D eigenvalue weighted by Gasteiger charge is 2.42. The molecule has 1 aliphatic rings. The Morgan fingerprint density at radius 2 is 1.69 bits per heavy atom. The molecule has 1 heterocycles. The molecule has 0 spiro atoms. The maximum absolute atomic E-state index is 13.8. The van der Waals surface area contributed by atoms with Gasteiger partial charge in [-0.2, -0.15) is 0 Å². The lowest BCUT2D eigenvalue weighted by Crippen LogP contribution is -2.58. The predicted octanol–water partition coefficient (Wildman–Crippen LogP) is 1.01. The van der Waals surface area contributed by atoms with Gasteiger partial charge in [-0.3, -0.25) is 19.2 Å². The van der Waals surface area contributed by atoms with Gasteiger partial charge in [0.25, 0.3) is 0 Å². The Labute approximate surface area is 209 Å². The van der Waals surface area contributed by atoms with Crippen LogP contribution in [0.25, 0.3) is 0 Å². The Bertz CT molecular complexity index is 889. The summed E-state index contributed by atoms with van der Waals surface area (Å²) < 4.78 is 0. The van der Waals surface area contributed by atoms with E-state index < -0.39 is 24.2 Å². The lowest BCUT2D eigenvalue weighted by atomic mass is 10.00. The van der Waals surface area contributed by atoms with Crippen LogP contribution in [-0.2, 0) is 25.6 Å². The normalized spacial score (nSPS) is 18.1. The SMILES string of the molecule is CNC(=O)[C@H](CC(C)C)N(C)C(=O)[C@@H]1CCCN1C(=O)[C@H](Cc1ccccc1)N(C)C(=O)[C@H](C)N. The third-order valence-electron chi connectivity index (χ3n) is 6.64. The Kier molecular flexibility index (Phi) is 10.2. The van der Waals surface area contributed by atoms with Crippen LogP contribution in [0.3, 0.4) is 0 Å². The zero-order chi connectivity index (χ0) is 26.3. The molecule has 1 aromatic rings. The minimum absolute atomic E-state index is 0.210. The van der Waals surface area contributed by atoms with E-state index in [1.54, 1.807) is 33.0 Å². The summed E-state index contributed by atoms with van der Waals surface area (Å²) in [4.78, 5) is 57.1. The molecule has 0 bridgehead atoms. The Balaban J connectivity index is 2.32. The first-order valence-corrected chi connectivity index (χ1v) is 12.3. The first-order valence-electron chi connectivity index (χ1n) is 12.3. The number of hydrogen-bond acceptors (Lipinski definition) is 5. The number of carbonyl (C=O) groups is 4. The molecule has 1 fully saturated rings. The predicted molar refractivity (Wildman–Crippen MR) is 135 cm³/mol. The second-order valence-electron chi connectivity index (χ2n) is 9.84. The molecule has 9 heteroatoms. The van der Waals surface area contributed by atoms with E-state index >= 15 is 0 Å². The van der Waals surface area contributed by atoms with E-state index in [0.717, 1.165) is 5.56 Å². The number of carbonyl (C=O) groups excluding carboxylic acids is 4. The van der Waals surface area contributed by atoms with Gasteiger partial charge in [0.1, 0.15) is 18.1 Å². The summed E-state index contributed by atoms with van der Waals surface area (Å²) >= 11 is 0. The number of likely N-dealkylation sites (tertiary alicyclic amines) is 1. The van der Waals surface area contributed by atoms with E-state index in [1.807, 2.05) is 44.2 Å². The molecule has 1 saturated heterocycles. The van der Waals surface area contributed by atoms with Crippen molar-refractivity contribution < 1.29 is 19.2 Å². The summed E-state index contributed by atoms with van der Waals surface area (Å²) in [6, 6.07) is 6.64. The van der Waals surface area contributed by atoms with Crippen molar-refractivity contribution in [3.05, 3.63) is 35.9 Å². The van der Waals surface area contributed by atoms with E-state index in [2.05, 4.69) is 5.32 Å². The van der Waals surface area contributed by atoms with E-state index in [9.17, 15) is 19.2 Å². The number of likely N-dealkylation sites (N-methyl/N-ethyl adjacent to an activating group) is 3. The third kappa shape index (κ3) is 7.04. The van der Waals surface area contributed by atoms with Crippen LogP contribution in [0.2, 0.25) is 0 Å². The van der Waals surface area contributed by atoms with Crippen molar-refractivity contribution in [2.24, 2.45) is 11.7 Å². The van der Waals surface area contributed by atoms with Crippen LogP contribution in [-0.4, -0.2) is 90.2 Å². The maximum Gasteiger partial charge on any atom is 0.246 e. The van der Waals surface area contributed by atoms with Crippen LogP contribution < -0.4 is 11.1 Å². The van der Waals surface area contributed by atoms with Crippen LogP contribution >= 0.6 is 0 Å². The van der Waals surface area contributed by atoms with Crippen molar-refractivity contribution in [2.75, 3.05) is 27.7 Å². The van der Waals surface area contributed by atoms with Gasteiger partial charge in [0, 0.05) is 34.1 Å². The highest BCUT2D eigenvalue weighted by Crippen LogP contribution is 2.24. The lowest BCUT2D eigenvalue weighted by molar-refractivity contribution is -0.151. The smallest absolute Gasteiger partial charge is 0.246 e. The average Bonchev–Trinajstić information content (AvgIpc) is 3.33. The molecule has 194 valence electrons. The van der Waals surface area contributed by atoms with E-state index in [0.29, 0.717) is 32.2 Å². The Morgan fingerprint density at radius 1 is 1.06 bits per heavy atom. The molecule has 0 saturated carbocycles. The second-order valence-corrected chi connectivity index (χ2v) is 9.84. The van der Waals surface area contributed by atoms with Crippen LogP contribution in [0.5, 0.6) is 0 Å². The minimum atomic E-state index is -0.792. The topological polar surface area (TPSA) is 116 Å². The van der Waals surface area contributed by atoms with E-state index in [-0.39, 0.29) is 29.5 Å². The van der Waals surface area contributed by atoms with E-state index in [1.165, 1.54) is 9.80 Å². The van der Waals surface area contributed by atoms with Gasteiger partial charge in [0.05, 0.1) is 6.04 Å². The Morgan fingerprint density at radius 3 is 2.23 bits per heavy atom. The molecule has 0 unspecified atom stereocenters. The molecule has 1 aliphatic heterocycles. The minimum Gasteiger partial charge on any atom is -0.357 e. The summed E-state index contributed by atoms with van der Waals surface area (Å²) in [5, 5.41) is 2.64. The zero-order valence-corrected chi connectivity index (χ0v) is 21.9. The molecule has 4 atom stereocenters. The fraction of sp³-hybridized carbons (Fsp3) is 0.615. The highest BCUT2D eigenvalue weighted by atomic mass is 16.2. The van der Waals surface area contributed by atoms with Crippen molar-refractivity contribution in [1.29, 1.82) is 0 Å². The number of nitrogens with one attached hydrogen (secondary N) is 1. The van der Waals surface area contributed by atoms with Gasteiger partial charge in [0.2, 0.25) is 23.6 Å². The standard InChI is InChI=1S/C26H41N5O4/c1-17(2)15-21(23(32)28-4)29(5)25(34)20-13-10-14-31(20)26(35)22(30(6)24(33)18(3)27)16-19-11-8-7-9-12-19/h7-9,11-12,17-18,20-22H,10,13-16,27H2,1-6H3,(H,28,32)/t18-,20-,21-,22-/m0/s1. The molecule has 0 aromatic heterocycles. The number of nitrogens with two attached hydrogens (primary N) is 1. The first kappa shape index (κ1) is 28.3. The second kappa shape index (κ2) is 12.7. The van der Waals surface area contributed by atoms with Crippen LogP contribution in [0, 0.1) is 5.92 Å². The summed E-state index contributed by atoms with van der Waals surface area (Å²) in [6.07, 6.45) is 2.02. The number of hydrogen-bond donors (Lipinski definition) is 2. The maximum atomic E-state index is 13.8. The van der Waals surface area contributed by atoms with Gasteiger partial charge >= 0.3 is 0 Å². The fourth-order valence-corrected chi connectivity index (χ4v) is 4.62. The van der Waals surface area contributed by atoms with Crippen molar-refractivity contribution in [3.8, 4) is 0 Å². The first-order chi connectivity index (χ1) is 16.5. The van der Waals surface area contributed by atoms with Gasteiger partial charge in [-0.15, -0.1) is 0 Å². The number of amides is 4. The number of rotatable bonds is 10. The monoisotopic (exact) mass is 487 g/mol. The van der Waals surface area contributed by atoms with Crippen molar-refractivity contribution in [3.63, 3.8) is 0 Å². The quantitative estimate of drug-likeness (QED) is 0.511. The largest absolute Gasteiger partial charge is 0.357 e. The lowest BCUT2D eigenvalue weighted by Gasteiger charge is -2.36. The average molecular weight is 488 g/mol. The fourth-order valence-electron chi connectivity index (χ4n) is 4.62. The molecule has 2 rings (SSSR count). The van der Waals surface area contributed by atoms with Gasteiger partial charge in [0.15, 0.2) is 0 Å². The zero-order valence-electron chi connectivity index (χ0n) is 21.9. The molecule has 9 nitrogen and oxygen atoms in total. The van der Waals surface area contributed by atoms with Gasteiger partial charge in [-0.25, -0.2) is 0 Å². The summed E-state index contributed by atoms with van der Waals surface area (Å²) in [5.74, 6) is -0.897. The van der Waals surface area contributed by atoms with Crippen LogP contribution in [0.15, 0.2) is 30.3 Å². The molecular formula is C26H41N5O4. The van der Waals surface area contributed by atoms with Gasteiger partial charge < -0.3 is 25.8 Å². The molecule has 3 N–H and O–H groups in total. The van der Waals surface area contributed by atoms with Crippen LogP contribution in [0.4, 0.5) is 0 Å². The molecule has 4 amide bonds. The summed E-state index contributed by atoms with van der Waals surface area (Å²) in [5.41, 5.74) is 6.74. The van der Waals surface area contributed by atoms with Crippen LogP contribution in [0.1, 0.15) is 45.6 Å². The molecular weight excluding hydrogens is 446 g/mol. The van der Waals surface area contributed by atoms with Crippen molar-refractivity contribution >= 4 is 23.6 Å². The van der Waals surface area contributed by atoms with Crippen molar-refractivity contribution in [2.45, 2.75) is 70.6 Å².